The zero-order chi connectivity index (χ0) is 11.3. The van der Waals surface area contributed by atoms with Crippen molar-refractivity contribution in [2.24, 2.45) is 0 Å². The average Bonchev–Trinajstić information content (AvgIpc) is 3.10. The van der Waals surface area contributed by atoms with Crippen molar-refractivity contribution in [3.05, 3.63) is 56.1 Å². The van der Waals surface area contributed by atoms with Crippen LogP contribution in [0.2, 0.25) is 0 Å². The lowest BCUT2D eigenvalue weighted by molar-refractivity contribution is 0.393. The van der Waals surface area contributed by atoms with E-state index < -0.39 is 0 Å². The van der Waals surface area contributed by atoms with Gasteiger partial charge < -0.3 is 8.94 Å². The molecule has 0 saturated heterocycles. The molecular formula is C9H9N5O2. The van der Waals surface area contributed by atoms with Crippen LogP contribution in [0.15, 0.2) is 65.0 Å². The van der Waals surface area contributed by atoms with Crippen LogP contribution < -0.4 is 0 Å². The smallest absolute Gasteiger partial charge is 0.180 e. The predicted octanol–water partition coefficient (Wildman–Crippen LogP) is 1.22. The Hall–Kier alpha value is -2.57. The predicted molar refractivity (Wildman–Crippen MR) is 52.8 cm³/mol. The first-order valence-corrected chi connectivity index (χ1v) is 4.23. The largest absolute Gasteiger partial charge is 0.452 e. The average molecular weight is 219 g/mol. The van der Waals surface area contributed by atoms with Crippen molar-refractivity contribution in [3.63, 3.8) is 0 Å². The van der Waals surface area contributed by atoms with Crippen molar-refractivity contribution in [3.8, 4) is 0 Å². The van der Waals surface area contributed by atoms with Gasteiger partial charge in [0.05, 0.1) is 12.4 Å². The van der Waals surface area contributed by atoms with Crippen LogP contribution in [0.3, 0.4) is 0 Å². The molecule has 3 heterocycles. The van der Waals surface area contributed by atoms with Crippen molar-refractivity contribution < 1.29 is 8.94 Å². The molecule has 7 nitrogen and oxygen atoms in total. The van der Waals surface area contributed by atoms with E-state index in [4.69, 9.17) is 0 Å². The van der Waals surface area contributed by atoms with Crippen LogP contribution in [-0.2, 0) is 0 Å². The minimum atomic E-state index is 1.38. The second-order valence-electron chi connectivity index (χ2n) is 2.17. The minimum absolute atomic E-state index is 1.38. The molecule has 7 heteroatoms. The Kier molecular flexibility index (Phi) is 6.47. The van der Waals surface area contributed by atoms with Crippen molar-refractivity contribution in [2.75, 3.05) is 0 Å². The highest BCUT2D eigenvalue weighted by atomic mass is 16.5. The molecule has 0 atom stereocenters. The Morgan fingerprint density at radius 3 is 1.88 bits per heavy atom. The van der Waals surface area contributed by atoms with Crippen molar-refractivity contribution in [2.45, 2.75) is 0 Å². The first-order chi connectivity index (χ1) is 8.00. The Labute approximate surface area is 91.2 Å². The number of rotatable bonds is 0. The molecule has 0 amide bonds. The summed E-state index contributed by atoms with van der Waals surface area (Å²) in [5.74, 6) is 0. The highest BCUT2D eigenvalue weighted by Gasteiger charge is 1.61. The van der Waals surface area contributed by atoms with Crippen LogP contribution >= 0.6 is 0 Å². The molecule has 0 aliphatic rings. The lowest BCUT2D eigenvalue weighted by atomic mass is 10.7. The highest BCUT2D eigenvalue weighted by Crippen LogP contribution is 1.72. The van der Waals surface area contributed by atoms with E-state index in [2.05, 4.69) is 34.3 Å². The van der Waals surface area contributed by atoms with Gasteiger partial charge >= 0.3 is 0 Å². The number of hydrogen-bond donors (Lipinski definition) is 0. The van der Waals surface area contributed by atoms with Crippen LogP contribution in [-0.4, -0.2) is 25.3 Å². The van der Waals surface area contributed by atoms with Gasteiger partial charge in [-0.3, -0.25) is 0 Å². The molecule has 0 spiro atoms. The first kappa shape index (κ1) is 11.5. The van der Waals surface area contributed by atoms with Gasteiger partial charge in [-0.15, -0.1) is 5.10 Å². The summed E-state index contributed by atoms with van der Waals surface area (Å²) >= 11 is 0. The number of hydrogen-bond acceptors (Lipinski definition) is 7. The Morgan fingerprint density at radius 1 is 0.812 bits per heavy atom. The molecule has 0 aromatic carbocycles. The van der Waals surface area contributed by atoms with Gasteiger partial charge in [0, 0.05) is 17.7 Å². The van der Waals surface area contributed by atoms with Crippen molar-refractivity contribution in [1.29, 1.82) is 0 Å². The van der Waals surface area contributed by atoms with E-state index in [1.165, 1.54) is 31.4 Å². The molecule has 0 aliphatic heterocycles. The summed E-state index contributed by atoms with van der Waals surface area (Å²) in [6.07, 6.45) is 12.2. The van der Waals surface area contributed by atoms with Crippen LogP contribution in [0.25, 0.3) is 0 Å². The van der Waals surface area contributed by atoms with E-state index in [0.29, 0.717) is 0 Å². The van der Waals surface area contributed by atoms with E-state index in [0.717, 1.165) is 0 Å². The molecule has 0 aliphatic carbocycles. The van der Waals surface area contributed by atoms with Crippen LogP contribution in [0, 0.1) is 0 Å². The second kappa shape index (κ2) is 9.00. The van der Waals surface area contributed by atoms with Crippen molar-refractivity contribution >= 4 is 0 Å². The fraction of sp³-hybridized carbons (Fsp3) is 0. The number of nitrogens with zero attached hydrogens (tertiary/aromatic N) is 5. The fourth-order valence-corrected chi connectivity index (χ4v) is 0.565. The standard InChI is InChI=1S/C4H4N2.C3H3NO.C2H2N2O/c1-2-5-4-6-3-1;1-2-5-3-4-1;1-2-5-4-3-1/h1-4H;1-3H;1-2H. The summed E-state index contributed by atoms with van der Waals surface area (Å²) in [4.78, 5) is 10.9. The van der Waals surface area contributed by atoms with E-state index in [9.17, 15) is 0 Å². The molecule has 82 valence electrons. The van der Waals surface area contributed by atoms with E-state index in [-0.39, 0.29) is 0 Å². The molecule has 3 aromatic heterocycles. The maximum absolute atomic E-state index is 4.47. The maximum Gasteiger partial charge on any atom is 0.180 e. The van der Waals surface area contributed by atoms with Crippen molar-refractivity contribution in [1.82, 2.24) is 25.3 Å². The zero-order valence-corrected chi connectivity index (χ0v) is 8.25. The Balaban J connectivity index is 0.000000121. The summed E-state index contributed by atoms with van der Waals surface area (Å²) in [5.41, 5.74) is 0. The molecule has 0 radical (unpaired) electrons. The van der Waals surface area contributed by atoms with Gasteiger partial charge in [-0.2, -0.15) is 0 Å². The summed E-state index contributed by atoms with van der Waals surface area (Å²) in [6.45, 7) is 0. The quantitative estimate of drug-likeness (QED) is 0.561. The molecule has 0 bridgehead atoms. The number of aromatic nitrogens is 5. The first-order valence-electron chi connectivity index (χ1n) is 4.23. The molecule has 0 fully saturated rings. The molecule has 16 heavy (non-hydrogen) atoms. The molecular weight excluding hydrogens is 210 g/mol. The van der Waals surface area contributed by atoms with E-state index in [1.54, 1.807) is 24.7 Å². The van der Waals surface area contributed by atoms with Crippen LogP contribution in [0.5, 0.6) is 0 Å². The van der Waals surface area contributed by atoms with Crippen LogP contribution in [0.4, 0.5) is 0 Å². The monoisotopic (exact) mass is 219 g/mol. The molecule has 0 unspecified atom stereocenters. The van der Waals surface area contributed by atoms with E-state index in [1.807, 2.05) is 0 Å². The summed E-state index contributed by atoms with van der Waals surface area (Å²) in [5, 5.41) is 6.40. The normalized spacial score (nSPS) is 8.00. The third-order valence-electron chi connectivity index (χ3n) is 1.11. The maximum atomic E-state index is 4.47. The minimum Gasteiger partial charge on any atom is -0.452 e. The van der Waals surface area contributed by atoms with Crippen LogP contribution in [0.1, 0.15) is 0 Å². The van der Waals surface area contributed by atoms with Gasteiger partial charge in [0.2, 0.25) is 0 Å². The van der Waals surface area contributed by atoms with Gasteiger partial charge in [0.25, 0.3) is 0 Å². The topological polar surface area (TPSA) is 90.7 Å². The Bertz CT molecular complexity index is 313. The second-order valence-corrected chi connectivity index (χ2v) is 2.17. The lowest BCUT2D eigenvalue weighted by Gasteiger charge is -1.70. The molecule has 3 rings (SSSR count). The van der Waals surface area contributed by atoms with Gasteiger partial charge in [-0.05, 0) is 6.07 Å². The molecule has 0 saturated carbocycles. The zero-order valence-electron chi connectivity index (χ0n) is 8.25. The summed E-state index contributed by atoms with van der Waals surface area (Å²) in [7, 11) is 0. The highest BCUT2D eigenvalue weighted by molar-refractivity contribution is 4.74. The SMILES string of the molecule is c1cncnc1.c1cocn1.c1conn1. The van der Waals surface area contributed by atoms with Gasteiger partial charge in [-0.25, -0.2) is 15.0 Å². The molecule has 3 aromatic rings. The summed E-state index contributed by atoms with van der Waals surface area (Å²) < 4.78 is 8.69. The molecule has 0 N–H and O–H groups in total. The van der Waals surface area contributed by atoms with Gasteiger partial charge in [0.15, 0.2) is 6.39 Å². The lowest BCUT2D eigenvalue weighted by Crippen LogP contribution is -1.66. The van der Waals surface area contributed by atoms with Gasteiger partial charge in [-0.1, -0.05) is 0 Å². The summed E-state index contributed by atoms with van der Waals surface area (Å²) in [6, 6.07) is 1.78. The third kappa shape index (κ3) is 6.89. The number of oxazole rings is 1. The Morgan fingerprint density at radius 2 is 1.69 bits per heavy atom. The van der Waals surface area contributed by atoms with E-state index >= 15 is 0 Å². The third-order valence-corrected chi connectivity index (χ3v) is 1.11. The fourth-order valence-electron chi connectivity index (χ4n) is 0.565. The van der Waals surface area contributed by atoms with Gasteiger partial charge in [0.1, 0.15) is 18.9 Å².